The fourth-order valence-electron chi connectivity index (χ4n) is 5.00. The van der Waals surface area contributed by atoms with Gasteiger partial charge in [0.2, 0.25) is 0 Å². The number of ether oxygens (including phenoxy) is 3. The van der Waals surface area contributed by atoms with Gasteiger partial charge in [0.25, 0.3) is 0 Å². The van der Waals surface area contributed by atoms with Crippen molar-refractivity contribution >= 4 is 51.4 Å². The van der Waals surface area contributed by atoms with E-state index >= 15 is 0 Å². The van der Waals surface area contributed by atoms with Crippen molar-refractivity contribution in [2.45, 2.75) is 25.3 Å². The Kier molecular flexibility index (Phi) is 8.16. The number of nitrogens with zero attached hydrogens (tertiary/aromatic N) is 3. The van der Waals surface area contributed by atoms with Crippen LogP contribution in [0.1, 0.15) is 19.3 Å². The van der Waals surface area contributed by atoms with Gasteiger partial charge in [-0.1, -0.05) is 29.8 Å². The van der Waals surface area contributed by atoms with E-state index in [9.17, 15) is 4.79 Å². The highest BCUT2D eigenvalue weighted by Crippen LogP contribution is 2.46. The molecule has 2 fully saturated rings. The number of halogens is 2. The Bertz CT molecular complexity index is 1380. The highest BCUT2D eigenvalue weighted by Gasteiger charge is 2.30. The predicted molar refractivity (Wildman–Crippen MR) is 156 cm³/mol. The number of methoxy groups -OCH3 is 2. The van der Waals surface area contributed by atoms with Gasteiger partial charge in [0.15, 0.2) is 5.78 Å². The number of carbonyl (C=O) groups excluding carboxylic acids is 1. The quantitative estimate of drug-likeness (QED) is 0.279. The molecule has 0 spiro atoms. The summed E-state index contributed by atoms with van der Waals surface area (Å²) in [5.74, 6) is 3.11. The lowest BCUT2D eigenvalue weighted by molar-refractivity contribution is -0.115. The first-order valence-electron chi connectivity index (χ1n) is 12.9. The van der Waals surface area contributed by atoms with Gasteiger partial charge in [-0.25, -0.2) is 9.97 Å². The van der Waals surface area contributed by atoms with Crippen molar-refractivity contribution in [3.8, 4) is 22.8 Å². The minimum atomic E-state index is -0.0272. The molecule has 0 amide bonds. The largest absolute Gasteiger partial charge is 0.495 e. The first-order valence-corrected chi connectivity index (χ1v) is 13.7. The van der Waals surface area contributed by atoms with Crippen molar-refractivity contribution in [1.82, 2.24) is 9.97 Å². The summed E-state index contributed by atoms with van der Waals surface area (Å²) >= 11 is 13.5. The zero-order valence-electron chi connectivity index (χ0n) is 22.3. The van der Waals surface area contributed by atoms with E-state index in [1.807, 2.05) is 18.3 Å². The maximum Gasteiger partial charge on any atom is 0.155 e. The van der Waals surface area contributed by atoms with Crippen LogP contribution in [0.4, 0.5) is 11.6 Å². The van der Waals surface area contributed by atoms with Crippen molar-refractivity contribution in [2.75, 3.05) is 51.2 Å². The average molecular weight is 572 g/mol. The molecule has 39 heavy (non-hydrogen) atoms. The van der Waals surface area contributed by atoms with E-state index in [1.165, 1.54) is 18.9 Å². The number of hydrogen-bond donors (Lipinski definition) is 1. The number of hydrogen-bond acceptors (Lipinski definition) is 8. The van der Waals surface area contributed by atoms with Crippen LogP contribution in [0.25, 0.3) is 22.0 Å². The lowest BCUT2D eigenvalue weighted by Crippen LogP contribution is -2.29. The molecule has 0 unspecified atom stereocenters. The van der Waals surface area contributed by atoms with Crippen LogP contribution in [-0.2, 0) is 9.53 Å². The molecule has 1 saturated carbocycles. The van der Waals surface area contributed by atoms with E-state index in [-0.39, 0.29) is 17.7 Å². The lowest BCUT2D eigenvalue weighted by Gasteiger charge is -2.23. The molecule has 1 saturated heterocycles. The van der Waals surface area contributed by atoms with Crippen LogP contribution in [0.3, 0.4) is 0 Å². The fourth-order valence-corrected chi connectivity index (χ4v) is 5.70. The Balaban J connectivity index is 1.57. The number of fused-ring (bicyclic) bond motifs is 1. The van der Waals surface area contributed by atoms with E-state index < -0.39 is 0 Å². The standard InChI is InChI=1S/C29H32Cl2N4O4/c1-5-19(36)8-18-14-39-15-22(18)33-25-10-20-17(12-32-25)9-21(34-29(20)35(2)13-16-6-7-16)26-27(30)23(37-3)11-24(38-4)28(26)31/h5,9-12,16,18,22H,1,6-8,13-15H2,2-4H3,(H,32,33)/t18-,22+/m0/s1. The Morgan fingerprint density at radius 2 is 1.90 bits per heavy atom. The van der Waals surface area contributed by atoms with E-state index in [0.29, 0.717) is 64.2 Å². The molecule has 1 aliphatic carbocycles. The molecule has 8 nitrogen and oxygen atoms in total. The zero-order valence-corrected chi connectivity index (χ0v) is 23.8. The summed E-state index contributed by atoms with van der Waals surface area (Å²) in [4.78, 5) is 23.9. The third kappa shape index (κ3) is 5.78. The van der Waals surface area contributed by atoms with Gasteiger partial charge in [0.1, 0.15) is 23.1 Å². The number of allylic oxidation sites excluding steroid dienone is 1. The third-order valence-electron chi connectivity index (χ3n) is 7.34. The van der Waals surface area contributed by atoms with Crippen LogP contribution in [-0.4, -0.2) is 62.8 Å². The molecule has 10 heteroatoms. The molecular formula is C29H32Cl2N4O4. The molecule has 1 aromatic carbocycles. The van der Waals surface area contributed by atoms with Gasteiger partial charge in [-0.2, -0.15) is 0 Å². The Hall–Kier alpha value is -3.07. The minimum absolute atomic E-state index is 0.0102. The van der Waals surface area contributed by atoms with E-state index in [2.05, 4.69) is 23.8 Å². The SMILES string of the molecule is C=CC(=O)C[C@H]1COC[C@H]1Nc1cc2c(N(C)CC3CC3)nc(-c3c(Cl)c(OC)cc(OC)c3Cl)cc2cn1. The van der Waals surface area contributed by atoms with Crippen LogP contribution in [0.15, 0.2) is 37.1 Å². The number of carbonyl (C=O) groups is 1. The number of nitrogens with one attached hydrogen (secondary N) is 1. The molecule has 206 valence electrons. The van der Waals surface area contributed by atoms with E-state index in [4.69, 9.17) is 47.4 Å². The van der Waals surface area contributed by atoms with Crippen molar-refractivity contribution in [3.63, 3.8) is 0 Å². The number of aromatic nitrogens is 2. The minimum Gasteiger partial charge on any atom is -0.495 e. The first-order chi connectivity index (χ1) is 18.8. The molecule has 0 bridgehead atoms. The second-order valence-electron chi connectivity index (χ2n) is 10.2. The van der Waals surface area contributed by atoms with Crippen molar-refractivity contribution in [3.05, 3.63) is 47.1 Å². The highest BCUT2D eigenvalue weighted by molar-refractivity contribution is 6.41. The molecule has 0 radical (unpaired) electrons. The molecule has 2 atom stereocenters. The Morgan fingerprint density at radius 1 is 1.18 bits per heavy atom. The third-order valence-corrected chi connectivity index (χ3v) is 8.09. The van der Waals surface area contributed by atoms with Crippen LogP contribution in [0.5, 0.6) is 11.5 Å². The maximum absolute atomic E-state index is 12.0. The second kappa shape index (κ2) is 11.6. The Labute approximate surface area is 238 Å². The van der Waals surface area contributed by atoms with Gasteiger partial charge >= 0.3 is 0 Å². The maximum atomic E-state index is 12.0. The van der Waals surface area contributed by atoms with Gasteiger partial charge in [-0.15, -0.1) is 0 Å². The summed E-state index contributed by atoms with van der Waals surface area (Å²) in [6.07, 6.45) is 6.00. The summed E-state index contributed by atoms with van der Waals surface area (Å²) in [5.41, 5.74) is 1.14. The monoisotopic (exact) mass is 570 g/mol. The lowest BCUT2D eigenvalue weighted by atomic mass is 9.97. The number of ketones is 1. The van der Waals surface area contributed by atoms with Gasteiger partial charge in [0, 0.05) is 54.5 Å². The first kappa shape index (κ1) is 27.5. The molecule has 3 heterocycles. The molecule has 5 rings (SSSR count). The number of rotatable bonds is 11. The topological polar surface area (TPSA) is 85.8 Å². The summed E-state index contributed by atoms with van der Waals surface area (Å²) < 4.78 is 16.6. The van der Waals surface area contributed by atoms with Crippen LogP contribution in [0, 0.1) is 11.8 Å². The van der Waals surface area contributed by atoms with E-state index in [1.54, 1.807) is 20.3 Å². The van der Waals surface area contributed by atoms with Crippen LogP contribution >= 0.6 is 23.2 Å². The molecular weight excluding hydrogens is 539 g/mol. The number of pyridine rings is 2. The zero-order chi connectivity index (χ0) is 27.7. The highest BCUT2D eigenvalue weighted by atomic mass is 35.5. The summed E-state index contributed by atoms with van der Waals surface area (Å²) in [7, 11) is 5.15. The summed E-state index contributed by atoms with van der Waals surface area (Å²) in [6, 6.07) is 5.57. The van der Waals surface area contributed by atoms with Gasteiger partial charge in [-0.3, -0.25) is 4.79 Å². The number of anilines is 2. The molecule has 1 N–H and O–H groups in total. The normalized spacial score (nSPS) is 18.7. The van der Waals surface area contributed by atoms with Crippen molar-refractivity contribution in [1.29, 1.82) is 0 Å². The van der Waals surface area contributed by atoms with Gasteiger partial charge in [0.05, 0.1) is 49.2 Å². The Morgan fingerprint density at radius 3 is 2.54 bits per heavy atom. The van der Waals surface area contributed by atoms with Crippen molar-refractivity contribution < 1.29 is 19.0 Å². The van der Waals surface area contributed by atoms with Crippen LogP contribution < -0.4 is 19.7 Å². The molecule has 3 aromatic rings. The van der Waals surface area contributed by atoms with E-state index in [0.717, 1.165) is 23.1 Å². The van der Waals surface area contributed by atoms with Crippen LogP contribution in [0.2, 0.25) is 10.0 Å². The van der Waals surface area contributed by atoms with Gasteiger partial charge < -0.3 is 24.4 Å². The van der Waals surface area contributed by atoms with Gasteiger partial charge in [-0.05, 0) is 37.0 Å². The summed E-state index contributed by atoms with van der Waals surface area (Å²) in [5, 5.41) is 6.03. The second-order valence-corrected chi connectivity index (χ2v) is 10.9. The average Bonchev–Trinajstić information content (AvgIpc) is 3.65. The molecule has 2 aliphatic rings. The predicted octanol–water partition coefficient (Wildman–Crippen LogP) is 6.04. The number of benzene rings is 1. The molecule has 1 aliphatic heterocycles. The summed E-state index contributed by atoms with van der Waals surface area (Å²) in [6.45, 7) is 5.51. The van der Waals surface area contributed by atoms with Crippen molar-refractivity contribution in [2.24, 2.45) is 11.8 Å². The smallest absolute Gasteiger partial charge is 0.155 e. The fraction of sp³-hybridized carbons (Fsp3) is 0.414. The molecule has 2 aromatic heterocycles.